The minimum atomic E-state index is -0.646. The number of allylic oxidation sites excluding steroid dienone is 2. The lowest BCUT2D eigenvalue weighted by atomic mass is 9.67. The Hall–Kier alpha value is -2.20. The fourth-order valence-electron chi connectivity index (χ4n) is 4.04. The van der Waals surface area contributed by atoms with E-state index in [4.69, 9.17) is 16.3 Å². The van der Waals surface area contributed by atoms with E-state index in [1.807, 2.05) is 25.1 Å². The number of nitrogens with zero attached hydrogens (tertiary/aromatic N) is 1. The molecule has 142 valence electrons. The topological polar surface area (TPSA) is 55.7 Å². The third-order valence-corrected chi connectivity index (χ3v) is 5.34. The van der Waals surface area contributed by atoms with Crippen LogP contribution in [0.15, 0.2) is 53.2 Å². The number of carbonyl (C=O) groups excluding carboxylic acids is 2. The van der Waals surface area contributed by atoms with Gasteiger partial charge in [-0.05, 0) is 36.5 Å². The first-order valence-corrected chi connectivity index (χ1v) is 9.46. The Labute approximate surface area is 165 Å². The highest BCUT2D eigenvalue weighted by molar-refractivity contribution is 6.30. The van der Waals surface area contributed by atoms with Crippen LogP contribution in [0.4, 0.5) is 0 Å². The highest BCUT2D eigenvalue weighted by Gasteiger charge is 2.45. The summed E-state index contributed by atoms with van der Waals surface area (Å²) in [5, 5.41) is 0.566. The van der Waals surface area contributed by atoms with E-state index in [0.717, 1.165) is 11.3 Å². The highest BCUT2D eigenvalue weighted by Crippen LogP contribution is 2.48. The Bertz CT molecular complexity index is 866. The Morgan fingerprint density at radius 3 is 2.81 bits per heavy atom. The first-order chi connectivity index (χ1) is 12.7. The number of halogens is 1. The lowest BCUT2D eigenvalue weighted by Gasteiger charge is -2.39. The summed E-state index contributed by atoms with van der Waals surface area (Å²) in [6, 6.07) is 7.33. The summed E-state index contributed by atoms with van der Waals surface area (Å²) in [4.78, 5) is 30.6. The standard InChI is InChI=1S/C22H24ClNO3/c1-5-9-27-21(26)18-13(2)24-16-11-22(3,4)12-17(25)20(16)19(18)14-7-6-8-15(23)10-14/h5-8,10,18-19H,1,9,11-12H2,2-4H3/t18?,19-/m0/s1. The molecule has 0 N–H and O–H groups in total. The molecule has 0 saturated carbocycles. The molecule has 2 aliphatic rings. The lowest BCUT2D eigenvalue weighted by molar-refractivity contribution is -0.145. The molecule has 0 bridgehead atoms. The number of carbonyl (C=O) groups is 2. The molecule has 1 aromatic rings. The van der Waals surface area contributed by atoms with Crippen LogP contribution in [0.1, 0.15) is 45.1 Å². The van der Waals surface area contributed by atoms with E-state index in [0.29, 0.717) is 29.1 Å². The Morgan fingerprint density at radius 1 is 1.41 bits per heavy atom. The predicted molar refractivity (Wildman–Crippen MR) is 107 cm³/mol. The van der Waals surface area contributed by atoms with Crippen LogP contribution in [0.3, 0.4) is 0 Å². The van der Waals surface area contributed by atoms with Gasteiger partial charge in [-0.25, -0.2) is 0 Å². The molecule has 1 aliphatic carbocycles. The molecule has 0 amide bonds. The minimum absolute atomic E-state index is 0.0454. The molecule has 0 aromatic heterocycles. The van der Waals surface area contributed by atoms with Gasteiger partial charge in [-0.15, -0.1) is 0 Å². The largest absolute Gasteiger partial charge is 0.461 e. The average Bonchev–Trinajstić information content (AvgIpc) is 2.57. The number of hydrogen-bond donors (Lipinski definition) is 0. The van der Waals surface area contributed by atoms with E-state index in [1.165, 1.54) is 6.08 Å². The van der Waals surface area contributed by atoms with E-state index >= 15 is 0 Å². The zero-order valence-electron chi connectivity index (χ0n) is 15.9. The van der Waals surface area contributed by atoms with E-state index in [1.54, 1.807) is 6.07 Å². The fourth-order valence-corrected chi connectivity index (χ4v) is 4.24. The third kappa shape index (κ3) is 3.91. The van der Waals surface area contributed by atoms with Gasteiger partial charge in [-0.2, -0.15) is 0 Å². The summed E-state index contributed by atoms with van der Waals surface area (Å²) in [5.41, 5.74) is 2.76. The zero-order valence-corrected chi connectivity index (χ0v) is 16.7. The second-order valence-corrected chi connectivity index (χ2v) is 8.42. The van der Waals surface area contributed by atoms with Gasteiger partial charge in [0.2, 0.25) is 0 Å². The van der Waals surface area contributed by atoms with Crippen molar-refractivity contribution < 1.29 is 14.3 Å². The molecule has 1 heterocycles. The smallest absolute Gasteiger partial charge is 0.315 e. The van der Waals surface area contributed by atoms with Crippen molar-refractivity contribution in [3.05, 3.63) is 58.8 Å². The summed E-state index contributed by atoms with van der Waals surface area (Å²) in [7, 11) is 0. The van der Waals surface area contributed by atoms with Crippen LogP contribution in [0.5, 0.6) is 0 Å². The number of ketones is 1. The van der Waals surface area contributed by atoms with Gasteiger partial charge in [0.25, 0.3) is 0 Å². The Balaban J connectivity index is 2.15. The maximum absolute atomic E-state index is 13.1. The minimum Gasteiger partial charge on any atom is -0.461 e. The number of ether oxygens (including phenoxy) is 1. The maximum Gasteiger partial charge on any atom is 0.315 e. The normalized spacial score (nSPS) is 24.1. The van der Waals surface area contributed by atoms with Crippen LogP contribution in [0.25, 0.3) is 0 Å². The average molecular weight is 386 g/mol. The summed E-state index contributed by atoms with van der Waals surface area (Å²) in [6.45, 7) is 9.68. The molecule has 0 fully saturated rings. The summed E-state index contributed by atoms with van der Waals surface area (Å²) < 4.78 is 5.33. The number of aliphatic imine (C=N–C) groups is 1. The number of hydrogen-bond acceptors (Lipinski definition) is 4. The van der Waals surface area contributed by atoms with Crippen molar-refractivity contribution in [2.45, 2.75) is 39.5 Å². The van der Waals surface area contributed by atoms with Crippen LogP contribution in [-0.2, 0) is 14.3 Å². The summed E-state index contributed by atoms with van der Waals surface area (Å²) >= 11 is 6.21. The number of Topliss-reactive ketones (excluding diaryl/α,β-unsaturated/α-hetero) is 1. The molecule has 4 nitrogen and oxygen atoms in total. The molecule has 27 heavy (non-hydrogen) atoms. The molecule has 3 rings (SSSR count). The predicted octanol–water partition coefficient (Wildman–Crippen LogP) is 4.89. The summed E-state index contributed by atoms with van der Waals surface area (Å²) in [6.07, 6.45) is 2.67. The van der Waals surface area contributed by atoms with Gasteiger partial charge < -0.3 is 4.74 Å². The SMILES string of the molecule is C=CCOC(=O)C1C(C)=NC2=C(C(=O)CC(C)(C)C2)[C@H]1c1cccc(Cl)c1. The van der Waals surface area contributed by atoms with Crippen molar-refractivity contribution in [1.82, 2.24) is 0 Å². The van der Waals surface area contributed by atoms with Crippen LogP contribution in [0, 0.1) is 11.3 Å². The quantitative estimate of drug-likeness (QED) is 0.547. The molecule has 1 unspecified atom stereocenters. The van der Waals surface area contributed by atoms with Crippen molar-refractivity contribution in [1.29, 1.82) is 0 Å². The molecule has 1 aromatic carbocycles. The molecule has 2 atom stereocenters. The van der Waals surface area contributed by atoms with E-state index in [9.17, 15) is 9.59 Å². The van der Waals surface area contributed by atoms with E-state index in [2.05, 4.69) is 25.4 Å². The molecular formula is C22H24ClNO3. The van der Waals surface area contributed by atoms with Crippen molar-refractivity contribution in [3.63, 3.8) is 0 Å². The molecule has 0 saturated heterocycles. The van der Waals surface area contributed by atoms with Crippen molar-refractivity contribution in [3.8, 4) is 0 Å². The van der Waals surface area contributed by atoms with Crippen LogP contribution < -0.4 is 0 Å². The lowest BCUT2D eigenvalue weighted by Crippen LogP contribution is -2.39. The molecule has 5 heteroatoms. The number of benzene rings is 1. The second kappa shape index (κ2) is 7.43. The third-order valence-electron chi connectivity index (χ3n) is 5.11. The monoisotopic (exact) mass is 385 g/mol. The first-order valence-electron chi connectivity index (χ1n) is 9.08. The number of esters is 1. The van der Waals surface area contributed by atoms with Gasteiger partial charge in [0.15, 0.2) is 5.78 Å². The van der Waals surface area contributed by atoms with Gasteiger partial charge in [0.1, 0.15) is 12.5 Å². The van der Waals surface area contributed by atoms with Crippen LogP contribution >= 0.6 is 11.6 Å². The number of rotatable bonds is 4. The van der Waals surface area contributed by atoms with Crippen LogP contribution in [-0.4, -0.2) is 24.1 Å². The Morgan fingerprint density at radius 2 is 2.15 bits per heavy atom. The van der Waals surface area contributed by atoms with Gasteiger partial charge in [-0.3, -0.25) is 14.6 Å². The van der Waals surface area contributed by atoms with Gasteiger partial charge >= 0.3 is 5.97 Å². The summed E-state index contributed by atoms with van der Waals surface area (Å²) in [5.74, 6) is -1.43. The molecular weight excluding hydrogens is 362 g/mol. The highest BCUT2D eigenvalue weighted by atomic mass is 35.5. The van der Waals surface area contributed by atoms with E-state index in [-0.39, 0.29) is 17.8 Å². The second-order valence-electron chi connectivity index (χ2n) is 7.98. The van der Waals surface area contributed by atoms with Gasteiger partial charge in [0, 0.05) is 34.3 Å². The van der Waals surface area contributed by atoms with Gasteiger partial charge in [0.05, 0.1) is 0 Å². The van der Waals surface area contributed by atoms with Gasteiger partial charge in [-0.1, -0.05) is 50.2 Å². The van der Waals surface area contributed by atoms with Crippen LogP contribution in [0.2, 0.25) is 5.02 Å². The zero-order chi connectivity index (χ0) is 19.8. The molecule has 1 aliphatic heterocycles. The first kappa shape index (κ1) is 19.6. The molecule has 0 spiro atoms. The van der Waals surface area contributed by atoms with E-state index < -0.39 is 17.8 Å². The Kier molecular flexibility index (Phi) is 5.38. The van der Waals surface area contributed by atoms with Crippen molar-refractivity contribution in [2.75, 3.05) is 6.61 Å². The molecule has 0 radical (unpaired) electrons. The van der Waals surface area contributed by atoms with Crippen molar-refractivity contribution >= 4 is 29.1 Å². The van der Waals surface area contributed by atoms with Crippen molar-refractivity contribution in [2.24, 2.45) is 16.3 Å². The maximum atomic E-state index is 13.1. The fraction of sp³-hybridized carbons (Fsp3) is 0.409.